The van der Waals surface area contributed by atoms with Gasteiger partial charge >= 0.3 is 5.97 Å². The highest BCUT2D eigenvalue weighted by atomic mass is 32.2. The van der Waals surface area contributed by atoms with Crippen molar-refractivity contribution in [2.75, 3.05) is 15.9 Å². The normalized spacial score (nSPS) is 17.4. The average molecular weight is 459 g/mol. The van der Waals surface area contributed by atoms with E-state index in [1.807, 2.05) is 31.2 Å². The van der Waals surface area contributed by atoms with Gasteiger partial charge in [0, 0.05) is 11.7 Å². The second-order valence-corrected chi connectivity index (χ2v) is 10.2. The molecule has 0 bridgehead atoms. The zero-order valence-corrected chi connectivity index (χ0v) is 19.9. The number of rotatable bonds is 7. The molecule has 0 spiro atoms. The van der Waals surface area contributed by atoms with E-state index in [-0.39, 0.29) is 17.5 Å². The van der Waals surface area contributed by atoms with E-state index in [0.29, 0.717) is 17.8 Å². The molecule has 1 N–H and O–H groups in total. The molecule has 1 aliphatic heterocycles. The fourth-order valence-corrected chi connectivity index (χ4v) is 5.28. The Hall–Kier alpha value is -2.87. The van der Waals surface area contributed by atoms with Crippen molar-refractivity contribution < 1.29 is 22.7 Å². The minimum Gasteiger partial charge on any atom is -0.449 e. The first kappa shape index (κ1) is 23.8. The van der Waals surface area contributed by atoms with E-state index in [9.17, 15) is 18.0 Å². The van der Waals surface area contributed by atoms with E-state index in [1.54, 1.807) is 12.1 Å². The van der Waals surface area contributed by atoms with Gasteiger partial charge in [0.1, 0.15) is 0 Å². The molecule has 7 nitrogen and oxygen atoms in total. The van der Waals surface area contributed by atoms with E-state index in [0.717, 1.165) is 17.5 Å². The van der Waals surface area contributed by atoms with E-state index < -0.39 is 28.0 Å². The molecule has 2 aromatic carbocycles. The Kier molecular flexibility index (Phi) is 6.93. The van der Waals surface area contributed by atoms with Crippen molar-refractivity contribution in [3.8, 4) is 0 Å². The van der Waals surface area contributed by atoms with Crippen LogP contribution in [0.1, 0.15) is 61.5 Å². The Bertz CT molecular complexity index is 1130. The summed E-state index contributed by atoms with van der Waals surface area (Å²) in [4.78, 5) is 25.3. The highest BCUT2D eigenvalue weighted by Gasteiger charge is 2.33. The van der Waals surface area contributed by atoms with Crippen LogP contribution in [0.15, 0.2) is 42.5 Å². The van der Waals surface area contributed by atoms with Crippen molar-refractivity contribution in [2.24, 2.45) is 0 Å². The standard InChI is InChI=1S/C24H30N2O5S/c1-6-15(2)20-9-7-8-10-21(20)25-23(27)17(4)31-24(28)18-11-12-22-19(14-18)13-16(3)26(22)32(5,29)30/h7-12,14-17H,6,13H2,1-5H3,(H,25,27). The Labute approximate surface area is 189 Å². The first-order valence-corrected chi connectivity index (χ1v) is 12.6. The number of carbonyl (C=O) groups is 2. The molecule has 8 heteroatoms. The lowest BCUT2D eigenvalue weighted by Gasteiger charge is -2.22. The third-order valence-corrected chi connectivity index (χ3v) is 7.11. The molecule has 1 aliphatic rings. The number of para-hydroxylation sites is 1. The highest BCUT2D eigenvalue weighted by Crippen LogP contribution is 2.35. The van der Waals surface area contributed by atoms with Crippen molar-refractivity contribution in [3.05, 3.63) is 59.2 Å². The second kappa shape index (κ2) is 9.32. The van der Waals surface area contributed by atoms with Crippen molar-refractivity contribution in [2.45, 2.75) is 58.6 Å². The molecule has 3 atom stereocenters. The quantitative estimate of drug-likeness (QED) is 0.631. The monoisotopic (exact) mass is 458 g/mol. The molecule has 0 aliphatic carbocycles. The Morgan fingerprint density at radius 2 is 1.88 bits per heavy atom. The van der Waals surface area contributed by atoms with E-state index >= 15 is 0 Å². The maximum absolute atomic E-state index is 12.7. The first-order chi connectivity index (χ1) is 15.0. The van der Waals surface area contributed by atoms with Crippen LogP contribution in [0.2, 0.25) is 0 Å². The van der Waals surface area contributed by atoms with Crippen LogP contribution in [0.4, 0.5) is 11.4 Å². The van der Waals surface area contributed by atoms with Gasteiger partial charge in [0.15, 0.2) is 6.10 Å². The molecule has 1 heterocycles. The predicted molar refractivity (Wildman–Crippen MR) is 126 cm³/mol. The summed E-state index contributed by atoms with van der Waals surface area (Å²) in [5, 5.41) is 2.86. The number of nitrogens with zero attached hydrogens (tertiary/aromatic N) is 1. The van der Waals surface area contributed by atoms with Crippen LogP contribution >= 0.6 is 0 Å². The number of anilines is 2. The maximum Gasteiger partial charge on any atom is 0.338 e. The number of carbonyl (C=O) groups excluding carboxylic acids is 2. The highest BCUT2D eigenvalue weighted by molar-refractivity contribution is 7.92. The molecule has 1 amide bonds. The number of ether oxygens (including phenoxy) is 1. The Morgan fingerprint density at radius 3 is 2.53 bits per heavy atom. The summed E-state index contributed by atoms with van der Waals surface area (Å²) in [5.74, 6) is -0.757. The number of hydrogen-bond donors (Lipinski definition) is 1. The summed E-state index contributed by atoms with van der Waals surface area (Å²) in [7, 11) is -3.41. The van der Waals surface area contributed by atoms with Crippen molar-refractivity contribution >= 4 is 33.3 Å². The van der Waals surface area contributed by atoms with Crippen LogP contribution < -0.4 is 9.62 Å². The summed E-state index contributed by atoms with van der Waals surface area (Å²) in [5.41, 5.74) is 3.36. The van der Waals surface area contributed by atoms with Crippen molar-refractivity contribution in [1.82, 2.24) is 0 Å². The van der Waals surface area contributed by atoms with Gasteiger partial charge in [-0.25, -0.2) is 13.2 Å². The third kappa shape index (κ3) is 4.96. The molecular formula is C24H30N2O5S. The van der Waals surface area contributed by atoms with Crippen LogP contribution in [-0.4, -0.2) is 38.7 Å². The summed E-state index contributed by atoms with van der Waals surface area (Å²) in [6.45, 7) is 7.52. The van der Waals surface area contributed by atoms with Crippen LogP contribution in [0.25, 0.3) is 0 Å². The van der Waals surface area contributed by atoms with Crippen molar-refractivity contribution in [3.63, 3.8) is 0 Å². The minimum atomic E-state index is -3.41. The largest absolute Gasteiger partial charge is 0.449 e. The number of sulfonamides is 1. The number of nitrogens with one attached hydrogen (secondary N) is 1. The fraction of sp³-hybridized carbons (Fsp3) is 0.417. The number of hydrogen-bond acceptors (Lipinski definition) is 5. The smallest absolute Gasteiger partial charge is 0.338 e. The van der Waals surface area contributed by atoms with Gasteiger partial charge < -0.3 is 10.1 Å². The van der Waals surface area contributed by atoms with Gasteiger partial charge in [-0.05, 0) is 68.0 Å². The lowest BCUT2D eigenvalue weighted by atomic mass is 9.97. The molecule has 3 rings (SSSR count). The SMILES string of the molecule is CCC(C)c1ccccc1NC(=O)C(C)OC(=O)c1ccc2c(c1)CC(C)N2S(C)(=O)=O. The molecule has 0 aromatic heterocycles. The molecule has 2 aromatic rings. The molecule has 3 unspecified atom stereocenters. The number of esters is 1. The van der Waals surface area contributed by atoms with Gasteiger partial charge in [-0.1, -0.05) is 32.0 Å². The minimum absolute atomic E-state index is 0.221. The van der Waals surface area contributed by atoms with Gasteiger partial charge in [-0.15, -0.1) is 0 Å². The lowest BCUT2D eigenvalue weighted by molar-refractivity contribution is -0.123. The molecule has 32 heavy (non-hydrogen) atoms. The van der Waals surface area contributed by atoms with Gasteiger partial charge in [0.05, 0.1) is 17.5 Å². The summed E-state index contributed by atoms with van der Waals surface area (Å²) in [6, 6.07) is 12.2. The average Bonchev–Trinajstić information content (AvgIpc) is 3.08. The molecule has 0 saturated carbocycles. The summed E-state index contributed by atoms with van der Waals surface area (Å²) < 4.78 is 30.9. The van der Waals surface area contributed by atoms with E-state index in [1.165, 1.54) is 23.6 Å². The maximum atomic E-state index is 12.7. The molecule has 0 saturated heterocycles. The van der Waals surface area contributed by atoms with Crippen molar-refractivity contribution in [1.29, 1.82) is 0 Å². The van der Waals surface area contributed by atoms with Crippen LogP contribution in [0.3, 0.4) is 0 Å². The number of benzene rings is 2. The topological polar surface area (TPSA) is 92.8 Å². The number of amides is 1. The van der Waals surface area contributed by atoms with Crippen LogP contribution in [0.5, 0.6) is 0 Å². The van der Waals surface area contributed by atoms with Crippen LogP contribution in [-0.2, 0) is 26.0 Å². The zero-order valence-electron chi connectivity index (χ0n) is 19.1. The number of fused-ring (bicyclic) bond motifs is 1. The van der Waals surface area contributed by atoms with E-state index in [4.69, 9.17) is 4.74 Å². The fourth-order valence-electron chi connectivity index (χ4n) is 4.01. The predicted octanol–water partition coefficient (Wildman–Crippen LogP) is 4.09. The zero-order chi connectivity index (χ0) is 23.6. The van der Waals surface area contributed by atoms with Gasteiger partial charge in [-0.2, -0.15) is 0 Å². The third-order valence-electron chi connectivity index (χ3n) is 5.84. The van der Waals surface area contributed by atoms with Crippen LogP contribution in [0, 0.1) is 0 Å². The lowest BCUT2D eigenvalue weighted by Crippen LogP contribution is -2.34. The Morgan fingerprint density at radius 1 is 1.19 bits per heavy atom. The van der Waals surface area contributed by atoms with Gasteiger partial charge in [0.25, 0.3) is 5.91 Å². The Balaban J connectivity index is 1.71. The summed E-state index contributed by atoms with van der Waals surface area (Å²) in [6.07, 6.45) is 1.62. The van der Waals surface area contributed by atoms with Gasteiger partial charge in [-0.3, -0.25) is 9.10 Å². The second-order valence-electron chi connectivity index (χ2n) is 8.39. The molecule has 0 radical (unpaired) electrons. The molecule has 172 valence electrons. The van der Waals surface area contributed by atoms with Gasteiger partial charge in [0.2, 0.25) is 10.0 Å². The molecular weight excluding hydrogens is 428 g/mol. The summed E-state index contributed by atoms with van der Waals surface area (Å²) >= 11 is 0. The first-order valence-electron chi connectivity index (χ1n) is 10.8. The molecule has 0 fully saturated rings. The van der Waals surface area contributed by atoms with E-state index in [2.05, 4.69) is 19.2 Å².